The standard InChI is InChI=1S/C22H27F3N4OS/c1-13(11-21(3,4)31(27)30)16-9-15(23)10-17-18(12-26)14(2)20(28-19(16)17)29-7-5-22(24,25)6-8-29/h9-10,13H,5-8,11,27H2,1-4H3. The molecule has 2 heterocycles. The number of fused-ring (bicyclic) bond motifs is 1. The molecule has 0 saturated carbocycles. The lowest BCUT2D eigenvalue weighted by Gasteiger charge is -2.34. The molecule has 0 bridgehead atoms. The van der Waals surface area contributed by atoms with Gasteiger partial charge in [0.05, 0.1) is 11.1 Å². The van der Waals surface area contributed by atoms with E-state index < -0.39 is 27.8 Å². The van der Waals surface area contributed by atoms with Crippen molar-refractivity contribution in [3.05, 3.63) is 34.6 Å². The summed E-state index contributed by atoms with van der Waals surface area (Å²) < 4.78 is 53.0. The van der Waals surface area contributed by atoms with Gasteiger partial charge in [-0.15, -0.1) is 0 Å². The summed E-state index contributed by atoms with van der Waals surface area (Å²) in [5, 5.41) is 15.8. The molecule has 1 aromatic heterocycles. The molecule has 2 aromatic rings. The van der Waals surface area contributed by atoms with Crippen LogP contribution in [0.3, 0.4) is 0 Å². The summed E-state index contributed by atoms with van der Waals surface area (Å²) >= 11 is -1.58. The van der Waals surface area contributed by atoms with Crippen LogP contribution in [-0.2, 0) is 11.4 Å². The fourth-order valence-corrected chi connectivity index (χ4v) is 4.66. The van der Waals surface area contributed by atoms with E-state index in [2.05, 4.69) is 6.07 Å². The zero-order valence-electron chi connectivity index (χ0n) is 18.1. The Hall–Kier alpha value is -2.02. The minimum absolute atomic E-state index is 0.127. The Morgan fingerprint density at radius 2 is 1.97 bits per heavy atom. The highest BCUT2D eigenvalue weighted by Crippen LogP contribution is 2.38. The van der Waals surface area contributed by atoms with Gasteiger partial charge in [0.2, 0.25) is 0 Å². The highest BCUT2D eigenvalue weighted by atomic mass is 32.2. The molecule has 0 amide bonds. The third-order valence-corrected chi connectivity index (χ3v) is 7.34. The SMILES string of the molecule is Cc1c(N2CCC(F)(F)CC2)nc2c(C(C)CC(C)(C)[S+](N)[O-])cc(F)cc2c1C#N. The fraction of sp³-hybridized carbons (Fsp3) is 0.545. The summed E-state index contributed by atoms with van der Waals surface area (Å²) in [6.45, 7) is 7.39. The maximum Gasteiger partial charge on any atom is 0.251 e. The molecule has 0 aliphatic carbocycles. The Morgan fingerprint density at radius 3 is 2.52 bits per heavy atom. The van der Waals surface area contributed by atoms with Crippen molar-refractivity contribution in [3.63, 3.8) is 0 Å². The minimum Gasteiger partial charge on any atom is -0.598 e. The zero-order valence-corrected chi connectivity index (χ0v) is 19.0. The molecule has 1 aliphatic rings. The number of anilines is 1. The monoisotopic (exact) mass is 452 g/mol. The number of benzene rings is 1. The normalized spacial score (nSPS) is 18.6. The van der Waals surface area contributed by atoms with Crippen LogP contribution >= 0.6 is 0 Å². The predicted molar refractivity (Wildman–Crippen MR) is 117 cm³/mol. The number of alkyl halides is 2. The number of hydrogen-bond acceptors (Lipinski definition) is 5. The molecule has 2 atom stereocenters. The van der Waals surface area contributed by atoms with Crippen molar-refractivity contribution in [2.75, 3.05) is 18.0 Å². The van der Waals surface area contributed by atoms with Crippen molar-refractivity contribution in [1.82, 2.24) is 4.98 Å². The third-order valence-electron chi connectivity index (χ3n) is 6.08. The second-order valence-corrected chi connectivity index (χ2v) is 10.6. The predicted octanol–water partition coefficient (Wildman–Crippen LogP) is 4.68. The van der Waals surface area contributed by atoms with Crippen molar-refractivity contribution in [2.45, 2.75) is 63.5 Å². The second-order valence-electron chi connectivity index (χ2n) is 8.94. The molecule has 9 heteroatoms. The van der Waals surface area contributed by atoms with Gasteiger partial charge in [-0.2, -0.15) is 10.4 Å². The Balaban J connectivity index is 2.15. The second kappa shape index (κ2) is 8.49. The number of pyridine rings is 1. The molecule has 2 N–H and O–H groups in total. The summed E-state index contributed by atoms with van der Waals surface area (Å²) in [7, 11) is 0. The van der Waals surface area contributed by atoms with E-state index in [0.29, 0.717) is 34.3 Å². The van der Waals surface area contributed by atoms with Crippen molar-refractivity contribution in [2.24, 2.45) is 5.14 Å². The summed E-state index contributed by atoms with van der Waals surface area (Å²) in [5.41, 5.74) is 1.87. The average molecular weight is 453 g/mol. The molecular weight excluding hydrogens is 425 g/mol. The maximum absolute atomic E-state index is 14.5. The maximum atomic E-state index is 14.5. The van der Waals surface area contributed by atoms with Gasteiger partial charge < -0.3 is 9.45 Å². The Labute approximate surface area is 183 Å². The minimum atomic E-state index is -2.70. The van der Waals surface area contributed by atoms with E-state index in [1.165, 1.54) is 12.1 Å². The smallest absolute Gasteiger partial charge is 0.251 e. The van der Waals surface area contributed by atoms with Gasteiger partial charge in [0, 0.05) is 54.7 Å². The highest BCUT2D eigenvalue weighted by molar-refractivity contribution is 7.90. The average Bonchev–Trinajstić information content (AvgIpc) is 2.67. The van der Waals surface area contributed by atoms with Crippen LogP contribution in [0.2, 0.25) is 0 Å². The molecule has 1 saturated heterocycles. The zero-order chi connectivity index (χ0) is 23.1. The summed E-state index contributed by atoms with van der Waals surface area (Å²) in [6.07, 6.45) is -0.147. The number of piperidine rings is 1. The van der Waals surface area contributed by atoms with Gasteiger partial charge in [-0.3, -0.25) is 0 Å². The molecule has 0 radical (unpaired) electrons. The van der Waals surface area contributed by atoms with Crippen LogP contribution in [0.25, 0.3) is 10.9 Å². The van der Waals surface area contributed by atoms with Crippen LogP contribution in [0.1, 0.15) is 62.6 Å². The molecule has 168 valence electrons. The lowest BCUT2D eigenvalue weighted by atomic mass is 9.88. The lowest BCUT2D eigenvalue weighted by Crippen LogP contribution is -2.40. The summed E-state index contributed by atoms with van der Waals surface area (Å²) in [4.78, 5) is 6.52. The van der Waals surface area contributed by atoms with Gasteiger partial charge in [-0.25, -0.2) is 18.2 Å². The van der Waals surface area contributed by atoms with E-state index in [4.69, 9.17) is 10.1 Å². The van der Waals surface area contributed by atoms with Crippen LogP contribution < -0.4 is 10.0 Å². The van der Waals surface area contributed by atoms with E-state index in [9.17, 15) is 23.0 Å². The number of hydrogen-bond donors (Lipinski definition) is 1. The van der Waals surface area contributed by atoms with Crippen molar-refractivity contribution >= 4 is 28.1 Å². The van der Waals surface area contributed by atoms with Crippen LogP contribution in [-0.4, -0.2) is 33.3 Å². The van der Waals surface area contributed by atoms with Crippen molar-refractivity contribution < 1.29 is 17.7 Å². The summed E-state index contributed by atoms with van der Waals surface area (Å²) in [5.74, 6) is -2.97. The van der Waals surface area contributed by atoms with Gasteiger partial charge in [0.15, 0.2) is 0 Å². The molecule has 3 rings (SSSR count). The Morgan fingerprint density at radius 1 is 1.35 bits per heavy atom. The van der Waals surface area contributed by atoms with Gasteiger partial charge in [-0.05, 0) is 44.4 Å². The quantitative estimate of drug-likeness (QED) is 0.665. The molecular formula is C22H27F3N4OS. The lowest BCUT2D eigenvalue weighted by molar-refractivity contribution is -0.0221. The first-order valence-corrected chi connectivity index (χ1v) is 11.4. The molecule has 0 spiro atoms. The first kappa shape index (κ1) is 23.6. The number of nitrogens with two attached hydrogens (primary N) is 1. The third kappa shape index (κ3) is 4.76. The number of halogens is 3. The highest BCUT2D eigenvalue weighted by Gasteiger charge is 2.36. The number of aromatic nitrogens is 1. The van der Waals surface area contributed by atoms with Crippen LogP contribution in [0, 0.1) is 24.1 Å². The van der Waals surface area contributed by atoms with Crippen LogP contribution in [0.5, 0.6) is 0 Å². The topological polar surface area (TPSA) is 89.0 Å². The van der Waals surface area contributed by atoms with Crippen molar-refractivity contribution in [3.8, 4) is 6.07 Å². The summed E-state index contributed by atoms with van der Waals surface area (Å²) in [6, 6.07) is 4.80. The molecule has 1 aromatic carbocycles. The van der Waals surface area contributed by atoms with Crippen LogP contribution in [0.15, 0.2) is 12.1 Å². The van der Waals surface area contributed by atoms with E-state index in [0.717, 1.165) is 0 Å². The first-order valence-electron chi connectivity index (χ1n) is 10.2. The fourth-order valence-electron chi connectivity index (χ4n) is 4.24. The number of rotatable bonds is 5. The Bertz CT molecular complexity index is 1030. The van der Waals surface area contributed by atoms with Gasteiger partial charge in [0.25, 0.3) is 5.92 Å². The largest absolute Gasteiger partial charge is 0.598 e. The van der Waals surface area contributed by atoms with Gasteiger partial charge in [0.1, 0.15) is 22.5 Å². The number of nitrogens with zero attached hydrogens (tertiary/aromatic N) is 3. The van der Waals surface area contributed by atoms with E-state index in [-0.39, 0.29) is 37.4 Å². The van der Waals surface area contributed by atoms with Crippen molar-refractivity contribution in [1.29, 1.82) is 5.26 Å². The molecule has 5 nitrogen and oxygen atoms in total. The van der Waals surface area contributed by atoms with Crippen LogP contribution in [0.4, 0.5) is 19.0 Å². The van der Waals surface area contributed by atoms with E-state index in [1.54, 1.807) is 25.7 Å². The molecule has 2 unspecified atom stereocenters. The molecule has 1 fully saturated rings. The first-order chi connectivity index (χ1) is 14.4. The van der Waals surface area contributed by atoms with E-state index in [1.807, 2.05) is 6.92 Å². The van der Waals surface area contributed by atoms with Gasteiger partial charge >= 0.3 is 0 Å². The van der Waals surface area contributed by atoms with E-state index >= 15 is 0 Å². The molecule has 31 heavy (non-hydrogen) atoms. The van der Waals surface area contributed by atoms with Gasteiger partial charge in [-0.1, -0.05) is 6.92 Å². The molecule has 1 aliphatic heterocycles. The number of nitriles is 1. The Kier molecular flexibility index (Phi) is 6.47.